The molecule has 0 spiro atoms. The van der Waals surface area contributed by atoms with E-state index >= 15 is 0 Å². The van der Waals surface area contributed by atoms with Gasteiger partial charge in [0.25, 0.3) is 5.91 Å². The number of nitrogens with one attached hydrogen (secondary N) is 1. The minimum atomic E-state index is -0.723. The summed E-state index contributed by atoms with van der Waals surface area (Å²) in [6.07, 6.45) is 0.561. The zero-order chi connectivity index (χ0) is 15.9. The van der Waals surface area contributed by atoms with Crippen LogP contribution < -0.4 is 15.1 Å². The van der Waals surface area contributed by atoms with Crippen LogP contribution in [0, 0.1) is 12.1 Å². The number of amides is 1. The second kappa shape index (κ2) is 6.97. The Kier molecular flexibility index (Phi) is 4.81. The lowest BCUT2D eigenvalue weighted by Gasteiger charge is -2.02. The van der Waals surface area contributed by atoms with Crippen molar-refractivity contribution in [3.05, 3.63) is 46.9 Å². The number of hydrogen-bond donors (Lipinski definition) is 1. The first-order chi connectivity index (χ1) is 10.6. The van der Waals surface area contributed by atoms with Crippen LogP contribution in [0.3, 0.4) is 0 Å². The number of carbonyl (C=O) groups excluding carboxylic acids is 2. The van der Waals surface area contributed by atoms with Crippen molar-refractivity contribution in [3.63, 3.8) is 0 Å². The molecule has 0 fully saturated rings. The van der Waals surface area contributed by atoms with E-state index in [1.54, 1.807) is 30.3 Å². The lowest BCUT2D eigenvalue weighted by Crippen LogP contribution is -2.29. The molecule has 0 saturated carbocycles. The van der Waals surface area contributed by atoms with E-state index in [1.165, 1.54) is 6.92 Å². The average Bonchev–Trinajstić information content (AvgIpc) is 2.80. The maximum atomic E-state index is 11.5. The highest BCUT2D eigenvalue weighted by Gasteiger charge is 2.13. The van der Waals surface area contributed by atoms with E-state index in [4.69, 9.17) is 4.74 Å². The molecule has 1 amide bonds. The third kappa shape index (κ3) is 4.13. The van der Waals surface area contributed by atoms with Gasteiger partial charge in [0, 0.05) is 12.1 Å². The summed E-state index contributed by atoms with van der Waals surface area (Å²) < 4.78 is 9.26. The standard InChI is InChI=1S/C13H12N4O5/c1-9-11(17(20)22-16-9)8-14-15-12(18)7-13(19)21-10-5-3-2-4-6-10/h2-6,8H,7H2,1H3,(H,15,18)/b14-8+. The summed E-state index contributed by atoms with van der Waals surface area (Å²) in [4.78, 5) is 23.1. The number of hydrogen-bond acceptors (Lipinski definition) is 7. The molecule has 1 N–H and O–H groups in total. The molecule has 0 bridgehead atoms. The first-order valence-corrected chi connectivity index (χ1v) is 6.20. The lowest BCUT2D eigenvalue weighted by atomic mass is 10.3. The van der Waals surface area contributed by atoms with E-state index in [2.05, 4.69) is 20.3 Å². The molecule has 2 rings (SSSR count). The van der Waals surface area contributed by atoms with E-state index in [-0.39, 0.29) is 10.6 Å². The predicted octanol–water partition coefficient (Wildman–Crippen LogP) is 0.0622. The number of nitrogens with zero attached hydrogens (tertiary/aromatic N) is 3. The largest absolute Gasteiger partial charge is 0.426 e. The van der Waals surface area contributed by atoms with Crippen LogP contribution in [0.5, 0.6) is 5.75 Å². The minimum absolute atomic E-state index is 0.0483. The molecular formula is C13H12N4O5. The molecule has 2 aromatic rings. The van der Waals surface area contributed by atoms with Gasteiger partial charge in [-0.25, -0.2) is 5.43 Å². The van der Waals surface area contributed by atoms with Crippen molar-refractivity contribution >= 4 is 18.1 Å². The Hall–Kier alpha value is -3.23. The molecule has 114 valence electrons. The Morgan fingerprint density at radius 1 is 1.45 bits per heavy atom. The van der Waals surface area contributed by atoms with Gasteiger partial charge >= 0.3 is 5.97 Å². The number of rotatable bonds is 5. The molecule has 9 heteroatoms. The monoisotopic (exact) mass is 304 g/mol. The third-order valence-electron chi connectivity index (χ3n) is 2.48. The summed E-state index contributed by atoms with van der Waals surface area (Å²) in [5, 5.41) is 18.1. The van der Waals surface area contributed by atoms with Crippen molar-refractivity contribution < 1.29 is 23.9 Å². The quantitative estimate of drug-likeness (QED) is 0.208. The van der Waals surface area contributed by atoms with Crippen LogP contribution in [0.2, 0.25) is 0 Å². The van der Waals surface area contributed by atoms with Crippen LogP contribution in [0.4, 0.5) is 0 Å². The van der Waals surface area contributed by atoms with Gasteiger partial charge in [0.2, 0.25) is 11.4 Å². The zero-order valence-corrected chi connectivity index (χ0v) is 11.6. The Labute approximate surface area is 124 Å². The molecule has 0 aliphatic rings. The van der Waals surface area contributed by atoms with Crippen LogP contribution in [0.1, 0.15) is 17.8 Å². The Morgan fingerprint density at radius 3 is 2.82 bits per heavy atom. The first-order valence-electron chi connectivity index (χ1n) is 6.20. The Balaban J connectivity index is 1.82. The highest BCUT2D eigenvalue weighted by molar-refractivity contribution is 5.95. The number of carbonyl (C=O) groups is 2. The SMILES string of the molecule is Cc1no[n+]([O-])c1/C=N/NC(=O)CC(=O)Oc1ccccc1. The summed E-state index contributed by atoms with van der Waals surface area (Å²) in [5.41, 5.74) is 2.46. The van der Waals surface area contributed by atoms with Crippen LogP contribution in [-0.4, -0.2) is 23.2 Å². The fourth-order valence-corrected chi connectivity index (χ4v) is 1.45. The normalized spacial score (nSPS) is 10.6. The van der Waals surface area contributed by atoms with E-state index in [1.807, 2.05) is 0 Å². The smallest absolute Gasteiger partial charge is 0.320 e. The summed E-state index contributed by atoms with van der Waals surface area (Å²) in [6, 6.07) is 8.36. The molecule has 22 heavy (non-hydrogen) atoms. The number of benzene rings is 1. The maximum absolute atomic E-state index is 11.5. The van der Waals surface area contributed by atoms with Crippen molar-refractivity contribution in [3.8, 4) is 5.75 Å². The Morgan fingerprint density at radius 2 is 2.18 bits per heavy atom. The second-order valence-electron chi connectivity index (χ2n) is 4.16. The molecule has 0 unspecified atom stereocenters. The van der Waals surface area contributed by atoms with Crippen molar-refractivity contribution in [1.29, 1.82) is 0 Å². The molecule has 0 saturated heterocycles. The number of para-hydroxylation sites is 1. The van der Waals surface area contributed by atoms with Gasteiger partial charge < -0.3 is 9.94 Å². The van der Waals surface area contributed by atoms with E-state index in [0.29, 0.717) is 11.4 Å². The molecule has 0 atom stereocenters. The van der Waals surface area contributed by atoms with Gasteiger partial charge in [-0.2, -0.15) is 5.10 Å². The van der Waals surface area contributed by atoms with Crippen LogP contribution in [0.25, 0.3) is 0 Å². The fourth-order valence-electron chi connectivity index (χ4n) is 1.45. The summed E-state index contributed by atoms with van der Waals surface area (Å²) in [5.74, 6) is -1.06. The van der Waals surface area contributed by atoms with Crippen LogP contribution in [-0.2, 0) is 9.59 Å². The third-order valence-corrected chi connectivity index (χ3v) is 2.48. The van der Waals surface area contributed by atoms with Crippen LogP contribution in [0.15, 0.2) is 40.1 Å². The van der Waals surface area contributed by atoms with Gasteiger partial charge in [0.1, 0.15) is 18.4 Å². The molecule has 1 aromatic heterocycles. The number of hydrazone groups is 1. The molecule has 1 heterocycles. The molecule has 0 radical (unpaired) electrons. The van der Waals surface area contributed by atoms with Crippen molar-refractivity contribution in [2.24, 2.45) is 5.10 Å². The minimum Gasteiger partial charge on any atom is -0.426 e. The van der Waals surface area contributed by atoms with Gasteiger partial charge in [0.05, 0.1) is 0 Å². The first kappa shape index (κ1) is 15.2. The number of aryl methyl sites for hydroxylation is 1. The molecular weight excluding hydrogens is 292 g/mol. The summed E-state index contributed by atoms with van der Waals surface area (Å²) in [7, 11) is 0. The Bertz CT molecular complexity index is 676. The van der Waals surface area contributed by atoms with Crippen molar-refractivity contribution in [1.82, 2.24) is 10.6 Å². The predicted molar refractivity (Wildman–Crippen MR) is 72.6 cm³/mol. The van der Waals surface area contributed by atoms with E-state index < -0.39 is 18.3 Å². The van der Waals surface area contributed by atoms with Crippen LogP contribution >= 0.6 is 0 Å². The van der Waals surface area contributed by atoms with Gasteiger partial charge in [0.15, 0.2) is 0 Å². The second-order valence-corrected chi connectivity index (χ2v) is 4.16. The fraction of sp³-hybridized carbons (Fsp3) is 0.154. The molecule has 0 aliphatic heterocycles. The van der Waals surface area contributed by atoms with Gasteiger partial charge in [-0.15, -0.1) is 0 Å². The number of ether oxygens (including phenoxy) is 1. The van der Waals surface area contributed by atoms with Gasteiger partial charge in [-0.1, -0.05) is 18.2 Å². The van der Waals surface area contributed by atoms with E-state index in [0.717, 1.165) is 6.21 Å². The lowest BCUT2D eigenvalue weighted by molar-refractivity contribution is -0.803. The maximum Gasteiger partial charge on any atom is 0.320 e. The average molecular weight is 304 g/mol. The molecule has 1 aromatic carbocycles. The summed E-state index contributed by atoms with van der Waals surface area (Å²) in [6.45, 7) is 1.54. The number of aromatic nitrogens is 2. The molecule has 0 aliphatic carbocycles. The van der Waals surface area contributed by atoms with Gasteiger partial charge in [-0.05, 0) is 17.0 Å². The van der Waals surface area contributed by atoms with Gasteiger partial charge in [-0.3, -0.25) is 14.2 Å². The highest BCUT2D eigenvalue weighted by atomic mass is 16.8. The number of esters is 1. The van der Waals surface area contributed by atoms with Crippen molar-refractivity contribution in [2.75, 3.05) is 0 Å². The topological polar surface area (TPSA) is 121 Å². The summed E-state index contributed by atoms with van der Waals surface area (Å²) >= 11 is 0. The van der Waals surface area contributed by atoms with E-state index in [9.17, 15) is 14.8 Å². The van der Waals surface area contributed by atoms with Crippen molar-refractivity contribution in [2.45, 2.75) is 13.3 Å². The zero-order valence-electron chi connectivity index (χ0n) is 11.6. The highest BCUT2D eigenvalue weighted by Crippen LogP contribution is 2.08. The molecule has 9 nitrogen and oxygen atoms in total.